The molecule has 0 aliphatic rings. The van der Waals surface area contributed by atoms with Crippen LogP contribution in [0.2, 0.25) is 0 Å². The third-order valence-electron chi connectivity index (χ3n) is 1.89. The Labute approximate surface area is 96.9 Å². The summed E-state index contributed by atoms with van der Waals surface area (Å²) in [6, 6.07) is 1.73. The van der Waals surface area contributed by atoms with Gasteiger partial charge in [0.2, 0.25) is 5.88 Å². The lowest BCUT2D eigenvalue weighted by Crippen LogP contribution is -2.10. The summed E-state index contributed by atoms with van der Waals surface area (Å²) in [7, 11) is 0. The Morgan fingerprint density at radius 3 is 3.06 bits per heavy atom. The molecule has 0 unspecified atom stereocenters. The van der Waals surface area contributed by atoms with E-state index in [1.807, 2.05) is 0 Å². The summed E-state index contributed by atoms with van der Waals surface area (Å²) in [6.45, 7) is 3.73. The van der Waals surface area contributed by atoms with Crippen LogP contribution < -0.4 is 4.74 Å². The van der Waals surface area contributed by atoms with Gasteiger partial charge in [-0.2, -0.15) is 0 Å². The minimum Gasteiger partial charge on any atom is -0.434 e. The molecular formula is C10H11N3O4. The van der Waals surface area contributed by atoms with Crippen molar-refractivity contribution in [3.63, 3.8) is 0 Å². The maximum Gasteiger partial charge on any atom is 0.515 e. The summed E-state index contributed by atoms with van der Waals surface area (Å²) in [4.78, 5) is 14.9. The van der Waals surface area contributed by atoms with Crippen molar-refractivity contribution in [1.29, 1.82) is 0 Å². The van der Waals surface area contributed by atoms with E-state index in [1.54, 1.807) is 24.5 Å². The summed E-state index contributed by atoms with van der Waals surface area (Å²) in [5, 5.41) is 3.79. The molecule has 0 fully saturated rings. The molecule has 0 amide bonds. The predicted octanol–water partition coefficient (Wildman–Crippen LogP) is 1.70. The number of aryl methyl sites for hydroxylation is 1. The Balaban J connectivity index is 2.08. The van der Waals surface area contributed by atoms with Gasteiger partial charge in [-0.1, -0.05) is 5.16 Å². The van der Waals surface area contributed by atoms with Crippen molar-refractivity contribution in [3.05, 3.63) is 24.4 Å². The van der Waals surface area contributed by atoms with Crippen molar-refractivity contribution >= 4 is 6.16 Å². The normalized spacial score (nSPS) is 10.2. The van der Waals surface area contributed by atoms with Crippen molar-refractivity contribution in [2.75, 3.05) is 6.61 Å². The van der Waals surface area contributed by atoms with Crippen LogP contribution in [0.1, 0.15) is 12.7 Å². The van der Waals surface area contributed by atoms with Crippen molar-refractivity contribution in [1.82, 2.24) is 14.7 Å². The van der Waals surface area contributed by atoms with E-state index >= 15 is 0 Å². The first-order valence-electron chi connectivity index (χ1n) is 5.01. The fraction of sp³-hybridized carbons (Fsp3) is 0.300. The second-order valence-electron chi connectivity index (χ2n) is 3.20. The molecule has 0 saturated heterocycles. The Bertz CT molecular complexity index is 517. The quantitative estimate of drug-likeness (QED) is 0.756. The minimum absolute atomic E-state index is 0.143. The van der Waals surface area contributed by atoms with Crippen molar-refractivity contribution in [3.8, 4) is 11.7 Å². The zero-order valence-electron chi connectivity index (χ0n) is 9.41. The zero-order valence-corrected chi connectivity index (χ0v) is 9.41. The third-order valence-corrected chi connectivity index (χ3v) is 1.89. The molecule has 2 rings (SSSR count). The molecule has 0 saturated carbocycles. The van der Waals surface area contributed by atoms with E-state index in [2.05, 4.69) is 14.9 Å². The van der Waals surface area contributed by atoms with E-state index in [1.165, 1.54) is 12.5 Å². The molecule has 7 heteroatoms. The summed E-state index contributed by atoms with van der Waals surface area (Å²) in [6.07, 6.45) is 2.19. The molecule has 2 aromatic rings. The van der Waals surface area contributed by atoms with Gasteiger partial charge >= 0.3 is 6.16 Å². The standard InChI is InChI=1S/C10H11N3O4/c1-3-15-10(14)16-9-5-13(6-11-9)8-4-7(2)17-12-8/h4-6H,3H2,1-2H3. The SMILES string of the molecule is CCOC(=O)Oc1cn(-c2cc(C)on2)cn1. The zero-order chi connectivity index (χ0) is 12.3. The molecule has 0 aliphatic heterocycles. The van der Waals surface area contributed by atoms with Gasteiger partial charge in [-0.05, 0) is 13.8 Å². The molecule has 0 N–H and O–H groups in total. The monoisotopic (exact) mass is 237 g/mol. The van der Waals surface area contributed by atoms with Crippen LogP contribution in [-0.4, -0.2) is 27.5 Å². The lowest BCUT2D eigenvalue weighted by atomic mass is 10.5. The predicted molar refractivity (Wildman–Crippen MR) is 56.0 cm³/mol. The van der Waals surface area contributed by atoms with Crippen molar-refractivity contribution in [2.45, 2.75) is 13.8 Å². The van der Waals surface area contributed by atoms with Crippen LogP contribution in [0.4, 0.5) is 4.79 Å². The number of aromatic nitrogens is 3. The summed E-state index contributed by atoms with van der Waals surface area (Å²) in [5.41, 5.74) is 0. The molecule has 2 heterocycles. The van der Waals surface area contributed by atoms with Crippen LogP contribution in [0.25, 0.3) is 5.82 Å². The number of carbonyl (C=O) groups excluding carboxylic acids is 1. The fourth-order valence-corrected chi connectivity index (χ4v) is 1.19. The summed E-state index contributed by atoms with van der Waals surface area (Å²) in [5.74, 6) is 1.39. The number of hydrogen-bond donors (Lipinski definition) is 0. The Hall–Kier alpha value is -2.31. The molecule has 90 valence electrons. The maximum absolute atomic E-state index is 11.0. The molecule has 0 bridgehead atoms. The van der Waals surface area contributed by atoms with E-state index in [0.29, 0.717) is 11.6 Å². The number of ether oxygens (including phenoxy) is 2. The van der Waals surface area contributed by atoms with Gasteiger partial charge in [0, 0.05) is 6.07 Å². The number of imidazole rings is 1. The van der Waals surface area contributed by atoms with E-state index in [0.717, 1.165) is 0 Å². The molecular weight excluding hydrogens is 226 g/mol. The highest BCUT2D eigenvalue weighted by molar-refractivity contribution is 5.62. The van der Waals surface area contributed by atoms with Crippen molar-refractivity contribution < 1.29 is 18.8 Å². The smallest absolute Gasteiger partial charge is 0.434 e. The number of hydrogen-bond acceptors (Lipinski definition) is 6. The Kier molecular flexibility index (Phi) is 3.08. The highest BCUT2D eigenvalue weighted by Crippen LogP contribution is 2.13. The van der Waals surface area contributed by atoms with Gasteiger partial charge < -0.3 is 14.0 Å². The average Bonchev–Trinajstić information content (AvgIpc) is 2.87. The first-order chi connectivity index (χ1) is 8.19. The van der Waals surface area contributed by atoms with Gasteiger partial charge in [-0.15, -0.1) is 0 Å². The number of nitrogens with zero attached hydrogens (tertiary/aromatic N) is 3. The second kappa shape index (κ2) is 4.69. The molecule has 0 aromatic carbocycles. The van der Waals surface area contributed by atoms with Crippen molar-refractivity contribution in [2.24, 2.45) is 0 Å². The van der Waals surface area contributed by atoms with Gasteiger partial charge in [-0.25, -0.2) is 9.78 Å². The number of carbonyl (C=O) groups is 1. The van der Waals surface area contributed by atoms with Gasteiger partial charge in [0.25, 0.3) is 0 Å². The largest absolute Gasteiger partial charge is 0.515 e. The molecule has 17 heavy (non-hydrogen) atoms. The van der Waals surface area contributed by atoms with Gasteiger partial charge in [0.15, 0.2) is 5.82 Å². The van der Waals surface area contributed by atoms with Gasteiger partial charge in [0.05, 0.1) is 12.8 Å². The van der Waals surface area contributed by atoms with E-state index in [-0.39, 0.29) is 12.5 Å². The minimum atomic E-state index is -0.783. The first-order valence-corrected chi connectivity index (χ1v) is 5.01. The van der Waals surface area contributed by atoms with Crippen LogP contribution in [0.3, 0.4) is 0 Å². The van der Waals surface area contributed by atoms with Crippen LogP contribution in [0, 0.1) is 6.92 Å². The number of rotatable bonds is 3. The van der Waals surface area contributed by atoms with E-state index in [9.17, 15) is 4.79 Å². The van der Waals surface area contributed by atoms with Crippen LogP contribution in [-0.2, 0) is 4.74 Å². The Morgan fingerprint density at radius 2 is 2.41 bits per heavy atom. The lowest BCUT2D eigenvalue weighted by molar-refractivity contribution is 0.103. The van der Waals surface area contributed by atoms with Crippen LogP contribution in [0.15, 0.2) is 23.1 Å². The highest BCUT2D eigenvalue weighted by atomic mass is 16.7. The topological polar surface area (TPSA) is 79.4 Å². The lowest BCUT2D eigenvalue weighted by Gasteiger charge is -1.99. The maximum atomic E-state index is 11.0. The Morgan fingerprint density at radius 1 is 1.59 bits per heavy atom. The van der Waals surface area contributed by atoms with Crippen LogP contribution >= 0.6 is 0 Å². The summed E-state index contributed by atoms with van der Waals surface area (Å²) >= 11 is 0. The second-order valence-corrected chi connectivity index (χ2v) is 3.20. The molecule has 0 aliphatic carbocycles. The van der Waals surface area contributed by atoms with Crippen LogP contribution in [0.5, 0.6) is 5.88 Å². The van der Waals surface area contributed by atoms with Gasteiger partial charge in [0.1, 0.15) is 12.1 Å². The molecule has 7 nitrogen and oxygen atoms in total. The third kappa shape index (κ3) is 2.63. The molecule has 2 aromatic heterocycles. The molecule has 0 radical (unpaired) electrons. The summed E-state index contributed by atoms with van der Waals surface area (Å²) < 4.78 is 15.9. The molecule has 0 spiro atoms. The highest BCUT2D eigenvalue weighted by Gasteiger charge is 2.10. The van der Waals surface area contributed by atoms with Gasteiger partial charge in [-0.3, -0.25) is 4.57 Å². The average molecular weight is 237 g/mol. The van der Waals surface area contributed by atoms with E-state index in [4.69, 9.17) is 9.26 Å². The van der Waals surface area contributed by atoms with E-state index < -0.39 is 6.16 Å². The molecule has 0 atom stereocenters. The first kappa shape index (κ1) is 11.2. The fourth-order valence-electron chi connectivity index (χ4n) is 1.19.